The van der Waals surface area contributed by atoms with Crippen molar-refractivity contribution >= 4 is 17.6 Å². The number of hydrogen-bond acceptors (Lipinski definition) is 4. The van der Waals surface area contributed by atoms with Crippen molar-refractivity contribution in [2.24, 2.45) is 0 Å². The zero-order valence-electron chi connectivity index (χ0n) is 10.8. The van der Waals surface area contributed by atoms with Crippen molar-refractivity contribution in [3.8, 4) is 5.75 Å². The Labute approximate surface area is 119 Å². The third kappa shape index (κ3) is 4.20. The third-order valence-corrected chi connectivity index (χ3v) is 2.47. The second kappa shape index (κ2) is 6.38. The van der Waals surface area contributed by atoms with E-state index >= 15 is 0 Å². The van der Waals surface area contributed by atoms with Crippen molar-refractivity contribution in [2.75, 3.05) is 11.9 Å². The summed E-state index contributed by atoms with van der Waals surface area (Å²) in [6.07, 6.45) is 0. The molecule has 2 rings (SSSR count). The molecular weight excluding hydrogens is 276 g/mol. The van der Waals surface area contributed by atoms with Crippen LogP contribution in [0.2, 0.25) is 0 Å². The Morgan fingerprint density at radius 1 is 1.19 bits per heavy atom. The Morgan fingerprint density at radius 2 is 1.95 bits per heavy atom. The van der Waals surface area contributed by atoms with Gasteiger partial charge in [0, 0.05) is 17.8 Å². The normalized spacial score (nSPS) is 9.90. The van der Waals surface area contributed by atoms with Gasteiger partial charge in [0.25, 0.3) is 5.91 Å². The molecule has 0 spiro atoms. The van der Waals surface area contributed by atoms with E-state index in [0.29, 0.717) is 11.4 Å². The summed E-state index contributed by atoms with van der Waals surface area (Å²) in [5, 5.41) is 11.1. The average molecular weight is 288 g/mol. The number of aromatic nitrogens is 1. The highest BCUT2D eigenvalue weighted by Gasteiger charge is 2.07. The monoisotopic (exact) mass is 288 g/mol. The van der Waals surface area contributed by atoms with Crippen LogP contribution in [0.3, 0.4) is 0 Å². The number of aromatic amines is 1. The van der Waals surface area contributed by atoms with Crippen LogP contribution >= 0.6 is 0 Å². The Morgan fingerprint density at radius 3 is 2.67 bits per heavy atom. The van der Waals surface area contributed by atoms with Crippen molar-refractivity contribution in [3.05, 3.63) is 58.5 Å². The van der Waals surface area contributed by atoms with Gasteiger partial charge in [-0.15, -0.1) is 0 Å². The maximum Gasteiger partial charge on any atom is 0.341 e. The van der Waals surface area contributed by atoms with Gasteiger partial charge >= 0.3 is 5.97 Å². The standard InChI is InChI=1S/C14H12N2O5/c17-12-6-2-5-11(16-12)14(20)15-9-3-1-4-10(7-9)21-8-13(18)19/h1-7H,8H2,(H,15,20)(H,16,17)(H,18,19). The van der Waals surface area contributed by atoms with E-state index in [1.165, 1.54) is 24.3 Å². The fourth-order valence-corrected chi connectivity index (χ4v) is 1.59. The summed E-state index contributed by atoms with van der Waals surface area (Å²) >= 11 is 0. The van der Waals surface area contributed by atoms with Crippen LogP contribution < -0.4 is 15.6 Å². The lowest BCUT2D eigenvalue weighted by molar-refractivity contribution is -0.139. The van der Waals surface area contributed by atoms with Crippen molar-refractivity contribution in [1.82, 2.24) is 4.98 Å². The zero-order chi connectivity index (χ0) is 15.2. The molecule has 0 bridgehead atoms. The number of amides is 1. The summed E-state index contributed by atoms with van der Waals surface area (Å²) in [5.74, 6) is -1.26. The summed E-state index contributed by atoms with van der Waals surface area (Å²) in [6.45, 7) is -0.469. The number of carboxylic acid groups (broad SMARTS) is 1. The second-order valence-corrected chi connectivity index (χ2v) is 4.09. The molecule has 1 heterocycles. The van der Waals surface area contributed by atoms with Gasteiger partial charge in [-0.3, -0.25) is 9.59 Å². The Hall–Kier alpha value is -3.09. The molecule has 0 unspecified atom stereocenters. The van der Waals surface area contributed by atoms with Gasteiger partial charge in [0.1, 0.15) is 11.4 Å². The maximum atomic E-state index is 11.9. The molecule has 7 heteroatoms. The van der Waals surface area contributed by atoms with Crippen LogP contribution in [-0.2, 0) is 4.79 Å². The van der Waals surface area contributed by atoms with Crippen molar-refractivity contribution in [2.45, 2.75) is 0 Å². The number of hydrogen-bond donors (Lipinski definition) is 3. The molecule has 0 aliphatic heterocycles. The quantitative estimate of drug-likeness (QED) is 0.763. The smallest absolute Gasteiger partial charge is 0.341 e. The molecule has 7 nitrogen and oxygen atoms in total. The van der Waals surface area contributed by atoms with E-state index in [2.05, 4.69) is 10.3 Å². The van der Waals surface area contributed by atoms with E-state index in [-0.39, 0.29) is 11.3 Å². The molecular formula is C14H12N2O5. The Bertz CT molecular complexity index is 723. The summed E-state index contributed by atoms with van der Waals surface area (Å²) in [7, 11) is 0. The van der Waals surface area contributed by atoms with Gasteiger partial charge in [-0.2, -0.15) is 0 Å². The predicted molar refractivity (Wildman–Crippen MR) is 74.6 cm³/mol. The van der Waals surface area contributed by atoms with Crippen LogP contribution in [0, 0.1) is 0 Å². The largest absolute Gasteiger partial charge is 0.482 e. The van der Waals surface area contributed by atoms with E-state index in [9.17, 15) is 14.4 Å². The SMILES string of the molecule is O=C(O)COc1cccc(NC(=O)c2cccc(=O)[nH]2)c1. The van der Waals surface area contributed by atoms with Crippen molar-refractivity contribution in [3.63, 3.8) is 0 Å². The first-order valence-electron chi connectivity index (χ1n) is 6.00. The zero-order valence-corrected chi connectivity index (χ0v) is 10.8. The fourth-order valence-electron chi connectivity index (χ4n) is 1.59. The van der Waals surface area contributed by atoms with Gasteiger partial charge in [-0.1, -0.05) is 12.1 Å². The highest BCUT2D eigenvalue weighted by Crippen LogP contribution is 2.17. The number of benzene rings is 1. The number of nitrogens with one attached hydrogen (secondary N) is 2. The lowest BCUT2D eigenvalue weighted by Gasteiger charge is -2.07. The van der Waals surface area contributed by atoms with Gasteiger partial charge in [0.2, 0.25) is 5.56 Å². The minimum atomic E-state index is -1.09. The number of H-pyrrole nitrogens is 1. The molecule has 0 saturated heterocycles. The molecule has 0 radical (unpaired) electrons. The molecule has 0 aliphatic carbocycles. The third-order valence-electron chi connectivity index (χ3n) is 2.47. The van der Waals surface area contributed by atoms with Crippen molar-refractivity contribution in [1.29, 1.82) is 0 Å². The molecule has 21 heavy (non-hydrogen) atoms. The summed E-state index contributed by atoms with van der Waals surface area (Å²) in [4.78, 5) is 35.9. The predicted octanol–water partition coefficient (Wildman–Crippen LogP) is 1.09. The van der Waals surface area contributed by atoms with Crippen LogP contribution in [0.25, 0.3) is 0 Å². The van der Waals surface area contributed by atoms with E-state index in [4.69, 9.17) is 9.84 Å². The number of aliphatic carboxylic acids is 1. The highest BCUT2D eigenvalue weighted by atomic mass is 16.5. The average Bonchev–Trinajstić information content (AvgIpc) is 2.45. The first-order valence-corrected chi connectivity index (χ1v) is 6.00. The van der Waals surface area contributed by atoms with Crippen LogP contribution in [0.1, 0.15) is 10.5 Å². The number of carbonyl (C=O) groups excluding carboxylic acids is 1. The minimum absolute atomic E-state index is 0.124. The number of rotatable bonds is 5. The van der Waals surface area contributed by atoms with E-state index in [0.717, 1.165) is 0 Å². The molecule has 3 N–H and O–H groups in total. The van der Waals surface area contributed by atoms with Gasteiger partial charge in [0.15, 0.2) is 6.61 Å². The topological polar surface area (TPSA) is 108 Å². The lowest BCUT2D eigenvalue weighted by Crippen LogP contribution is -2.18. The summed E-state index contributed by atoms with van der Waals surface area (Å²) < 4.78 is 5.01. The molecule has 108 valence electrons. The number of ether oxygens (including phenoxy) is 1. The van der Waals surface area contributed by atoms with E-state index in [1.54, 1.807) is 18.2 Å². The summed E-state index contributed by atoms with van der Waals surface area (Å²) in [6, 6.07) is 10.5. The molecule has 1 aromatic carbocycles. The molecule has 1 amide bonds. The van der Waals surface area contributed by atoms with Gasteiger partial charge in [-0.05, 0) is 18.2 Å². The van der Waals surface area contributed by atoms with E-state index in [1.807, 2.05) is 0 Å². The number of pyridine rings is 1. The van der Waals surface area contributed by atoms with Crippen LogP contribution in [0.4, 0.5) is 5.69 Å². The first kappa shape index (κ1) is 14.3. The summed E-state index contributed by atoms with van der Waals surface area (Å²) in [5.41, 5.74) is 0.174. The maximum absolute atomic E-state index is 11.9. The van der Waals surface area contributed by atoms with Crippen LogP contribution in [-0.4, -0.2) is 28.6 Å². The second-order valence-electron chi connectivity index (χ2n) is 4.09. The first-order chi connectivity index (χ1) is 10.0. The van der Waals surface area contributed by atoms with Crippen molar-refractivity contribution < 1.29 is 19.4 Å². The highest BCUT2D eigenvalue weighted by molar-refractivity contribution is 6.02. The molecule has 0 saturated carbocycles. The molecule has 2 aromatic rings. The van der Waals surface area contributed by atoms with Gasteiger partial charge < -0.3 is 20.1 Å². The Kier molecular flexibility index (Phi) is 4.35. The number of carbonyl (C=O) groups is 2. The molecule has 0 atom stereocenters. The number of carboxylic acids is 1. The molecule has 1 aromatic heterocycles. The molecule has 0 aliphatic rings. The van der Waals surface area contributed by atoms with E-state index < -0.39 is 18.5 Å². The van der Waals surface area contributed by atoms with Gasteiger partial charge in [0.05, 0.1) is 0 Å². The van der Waals surface area contributed by atoms with Gasteiger partial charge in [-0.25, -0.2) is 4.79 Å². The van der Waals surface area contributed by atoms with Crippen LogP contribution in [0.15, 0.2) is 47.3 Å². The minimum Gasteiger partial charge on any atom is -0.482 e. The molecule has 0 fully saturated rings. The lowest BCUT2D eigenvalue weighted by atomic mass is 10.2. The Balaban J connectivity index is 2.09. The fraction of sp³-hybridized carbons (Fsp3) is 0.0714. The number of anilines is 1. The van der Waals surface area contributed by atoms with Crippen LogP contribution in [0.5, 0.6) is 5.75 Å².